The molecule has 3 rings (SSSR count). The van der Waals surface area contributed by atoms with Crippen LogP contribution in [-0.2, 0) is 5.60 Å². The van der Waals surface area contributed by atoms with Crippen LogP contribution >= 0.6 is 11.3 Å². The lowest BCUT2D eigenvalue weighted by atomic mass is 10.0. The number of piperidine rings is 1. The number of likely N-dealkylation sites (tertiary alicyclic amines) is 1. The predicted molar refractivity (Wildman–Crippen MR) is 89.5 cm³/mol. The van der Waals surface area contributed by atoms with E-state index in [-0.39, 0.29) is 5.91 Å². The summed E-state index contributed by atoms with van der Waals surface area (Å²) in [6.07, 6.45) is 4.80. The quantitative estimate of drug-likeness (QED) is 0.881. The van der Waals surface area contributed by atoms with E-state index in [1.165, 1.54) is 12.5 Å². The van der Waals surface area contributed by atoms with Crippen LogP contribution in [0, 0.1) is 0 Å². The molecular weight excluding hydrogens is 312 g/mol. The first-order valence-electron chi connectivity index (χ1n) is 7.87. The molecule has 1 aliphatic rings. The molecule has 124 valence electrons. The fourth-order valence-electron chi connectivity index (χ4n) is 2.87. The molecule has 2 aromatic rings. The highest BCUT2D eigenvalue weighted by atomic mass is 32.1. The van der Waals surface area contributed by atoms with Crippen molar-refractivity contribution in [3.05, 3.63) is 46.5 Å². The van der Waals surface area contributed by atoms with E-state index in [2.05, 4.69) is 5.32 Å². The molecule has 1 saturated heterocycles. The van der Waals surface area contributed by atoms with Gasteiger partial charge in [-0.3, -0.25) is 4.79 Å². The van der Waals surface area contributed by atoms with Crippen molar-refractivity contribution in [2.75, 3.05) is 19.6 Å². The van der Waals surface area contributed by atoms with Gasteiger partial charge in [-0.25, -0.2) is 0 Å². The highest BCUT2D eigenvalue weighted by molar-refractivity contribution is 7.10. The van der Waals surface area contributed by atoms with Gasteiger partial charge in [0.1, 0.15) is 11.9 Å². The van der Waals surface area contributed by atoms with Crippen LogP contribution in [0.1, 0.15) is 35.0 Å². The van der Waals surface area contributed by atoms with Crippen LogP contribution in [0.3, 0.4) is 0 Å². The molecule has 2 N–H and O–H groups in total. The van der Waals surface area contributed by atoms with Crippen molar-refractivity contribution < 1.29 is 14.3 Å². The number of nitrogens with one attached hydrogen (secondary N) is 1. The Bertz CT molecular complexity index is 614. The molecule has 1 unspecified atom stereocenters. The molecule has 1 amide bonds. The van der Waals surface area contributed by atoms with Crippen molar-refractivity contribution in [2.45, 2.75) is 31.4 Å². The Kier molecular flexibility index (Phi) is 4.84. The Morgan fingerprint density at radius 1 is 1.48 bits per heavy atom. The minimum atomic E-state index is -0.849. The van der Waals surface area contributed by atoms with E-state index in [1.54, 1.807) is 17.4 Å². The summed E-state index contributed by atoms with van der Waals surface area (Å²) in [6.45, 7) is 3.81. The molecule has 5 nitrogen and oxygen atoms in total. The standard InChI is InChI=1S/C17H22N2O3S/c1-17(21,15-3-2-10-23-15)12-18-14-4-7-19(8-5-14)16(20)13-6-9-22-11-13/h2-3,6,9-11,14,18,21H,4-5,7-8,12H2,1H3. The van der Waals surface area contributed by atoms with Crippen LogP contribution in [0.5, 0.6) is 0 Å². The number of aliphatic hydroxyl groups is 1. The van der Waals surface area contributed by atoms with E-state index in [0.717, 1.165) is 30.8 Å². The highest BCUT2D eigenvalue weighted by Gasteiger charge is 2.28. The molecule has 1 aliphatic heterocycles. The Labute approximate surface area is 139 Å². The van der Waals surface area contributed by atoms with E-state index in [0.29, 0.717) is 18.2 Å². The Hall–Kier alpha value is -1.63. The number of carbonyl (C=O) groups excluding carboxylic acids is 1. The van der Waals surface area contributed by atoms with Crippen molar-refractivity contribution in [1.29, 1.82) is 0 Å². The van der Waals surface area contributed by atoms with Crippen LogP contribution in [0.25, 0.3) is 0 Å². The summed E-state index contributed by atoms with van der Waals surface area (Å²) in [6, 6.07) is 5.94. The van der Waals surface area contributed by atoms with Gasteiger partial charge in [-0.1, -0.05) is 6.07 Å². The van der Waals surface area contributed by atoms with Crippen molar-refractivity contribution >= 4 is 17.2 Å². The van der Waals surface area contributed by atoms with Crippen LogP contribution in [-0.4, -0.2) is 41.6 Å². The number of hydrogen-bond acceptors (Lipinski definition) is 5. The molecule has 1 fully saturated rings. The number of amides is 1. The van der Waals surface area contributed by atoms with Crippen LogP contribution in [0.15, 0.2) is 40.5 Å². The first-order valence-corrected chi connectivity index (χ1v) is 8.75. The normalized spacial score (nSPS) is 18.8. The molecule has 23 heavy (non-hydrogen) atoms. The minimum Gasteiger partial charge on any atom is -0.472 e. The van der Waals surface area contributed by atoms with Crippen molar-refractivity contribution in [3.8, 4) is 0 Å². The van der Waals surface area contributed by atoms with Gasteiger partial charge in [-0.2, -0.15) is 0 Å². The molecule has 2 aromatic heterocycles. The number of furan rings is 1. The molecule has 0 aromatic carbocycles. The lowest BCUT2D eigenvalue weighted by molar-refractivity contribution is 0.0511. The first-order chi connectivity index (χ1) is 11.1. The van der Waals surface area contributed by atoms with Gasteiger partial charge < -0.3 is 19.7 Å². The van der Waals surface area contributed by atoms with Gasteiger partial charge in [0.15, 0.2) is 0 Å². The van der Waals surface area contributed by atoms with E-state index in [9.17, 15) is 9.90 Å². The number of hydrogen-bond donors (Lipinski definition) is 2. The summed E-state index contributed by atoms with van der Waals surface area (Å²) in [5.74, 6) is 0.0304. The minimum absolute atomic E-state index is 0.0304. The summed E-state index contributed by atoms with van der Waals surface area (Å²) < 4.78 is 4.97. The molecule has 6 heteroatoms. The van der Waals surface area contributed by atoms with Crippen LogP contribution < -0.4 is 5.32 Å². The number of rotatable bonds is 5. The van der Waals surface area contributed by atoms with Crippen molar-refractivity contribution in [2.24, 2.45) is 0 Å². The average molecular weight is 334 g/mol. The third-order valence-electron chi connectivity index (χ3n) is 4.34. The lowest BCUT2D eigenvalue weighted by Gasteiger charge is -2.34. The zero-order valence-electron chi connectivity index (χ0n) is 13.2. The number of thiophene rings is 1. The predicted octanol–water partition coefficient (Wildman–Crippen LogP) is 2.44. The maximum atomic E-state index is 12.2. The second-order valence-electron chi connectivity index (χ2n) is 6.21. The maximum absolute atomic E-state index is 12.2. The number of nitrogens with zero attached hydrogens (tertiary/aromatic N) is 1. The lowest BCUT2D eigenvalue weighted by Crippen LogP contribution is -2.47. The molecule has 0 saturated carbocycles. The zero-order valence-corrected chi connectivity index (χ0v) is 14.0. The molecule has 0 bridgehead atoms. The van der Waals surface area contributed by atoms with Gasteiger partial charge in [0, 0.05) is 30.6 Å². The average Bonchev–Trinajstić information content (AvgIpc) is 3.26. The summed E-state index contributed by atoms with van der Waals surface area (Å²) in [7, 11) is 0. The van der Waals surface area contributed by atoms with E-state index in [1.807, 2.05) is 29.3 Å². The summed E-state index contributed by atoms with van der Waals surface area (Å²) in [4.78, 5) is 15.1. The van der Waals surface area contributed by atoms with E-state index >= 15 is 0 Å². The van der Waals surface area contributed by atoms with Gasteiger partial charge in [-0.15, -0.1) is 11.3 Å². The van der Waals surface area contributed by atoms with Crippen molar-refractivity contribution in [3.63, 3.8) is 0 Å². The Morgan fingerprint density at radius 2 is 2.26 bits per heavy atom. The highest BCUT2D eigenvalue weighted by Crippen LogP contribution is 2.25. The molecule has 0 spiro atoms. The Balaban J connectivity index is 1.47. The summed E-state index contributed by atoms with van der Waals surface area (Å²) in [5, 5.41) is 16.0. The summed E-state index contributed by atoms with van der Waals surface area (Å²) in [5.41, 5.74) is -0.241. The third-order valence-corrected chi connectivity index (χ3v) is 5.46. The zero-order chi connectivity index (χ0) is 16.3. The van der Waals surface area contributed by atoms with E-state index in [4.69, 9.17) is 4.42 Å². The number of carbonyl (C=O) groups is 1. The largest absolute Gasteiger partial charge is 0.472 e. The van der Waals surface area contributed by atoms with Gasteiger partial charge in [-0.05, 0) is 37.3 Å². The SMILES string of the molecule is CC(O)(CNC1CCN(C(=O)c2ccoc2)CC1)c1cccs1. The first kappa shape index (κ1) is 16.2. The molecule has 1 atom stereocenters. The topological polar surface area (TPSA) is 65.7 Å². The van der Waals surface area contributed by atoms with Crippen LogP contribution in [0.2, 0.25) is 0 Å². The fraction of sp³-hybridized carbons (Fsp3) is 0.471. The van der Waals surface area contributed by atoms with Gasteiger partial charge in [0.2, 0.25) is 0 Å². The second-order valence-corrected chi connectivity index (χ2v) is 7.16. The second kappa shape index (κ2) is 6.86. The molecule has 0 aliphatic carbocycles. The van der Waals surface area contributed by atoms with Gasteiger partial charge in [0.25, 0.3) is 5.91 Å². The van der Waals surface area contributed by atoms with Gasteiger partial charge in [0.05, 0.1) is 11.8 Å². The molecule has 3 heterocycles. The fourth-order valence-corrected chi connectivity index (χ4v) is 3.66. The Morgan fingerprint density at radius 3 is 2.87 bits per heavy atom. The molecule has 0 radical (unpaired) electrons. The van der Waals surface area contributed by atoms with Crippen LogP contribution in [0.4, 0.5) is 0 Å². The maximum Gasteiger partial charge on any atom is 0.257 e. The molecular formula is C17H22N2O3S. The summed E-state index contributed by atoms with van der Waals surface area (Å²) >= 11 is 1.57. The van der Waals surface area contributed by atoms with Crippen molar-refractivity contribution in [1.82, 2.24) is 10.2 Å². The van der Waals surface area contributed by atoms with Gasteiger partial charge >= 0.3 is 0 Å². The smallest absolute Gasteiger partial charge is 0.257 e. The monoisotopic (exact) mass is 334 g/mol. The third kappa shape index (κ3) is 3.83. The van der Waals surface area contributed by atoms with E-state index < -0.39 is 5.60 Å².